The Hall–Kier alpha value is -7.38. The number of benzene rings is 9. The summed E-state index contributed by atoms with van der Waals surface area (Å²) in [6, 6.07) is 60.9. The molecule has 1 N–H and O–H groups in total. The molecule has 9 aromatic carbocycles. The van der Waals surface area contributed by atoms with Gasteiger partial charge < -0.3 is 18.7 Å². The number of nitrogens with zero attached hydrogens (tertiary/aromatic N) is 2. The van der Waals surface area contributed by atoms with Crippen molar-refractivity contribution >= 4 is 129 Å². The topological polar surface area (TPSA) is 43.2 Å². The van der Waals surface area contributed by atoms with E-state index in [1.807, 2.05) is 40.9 Å². The van der Waals surface area contributed by atoms with Crippen LogP contribution < -0.4 is 0 Å². The zero-order chi connectivity index (χ0) is 40.1. The number of thiophene rings is 2. The molecule has 6 heteroatoms. The molecule has 5 aromatic heterocycles. The second kappa shape index (κ2) is 12.1. The molecule has 0 aliphatic heterocycles. The van der Waals surface area contributed by atoms with Crippen LogP contribution in [0.3, 0.4) is 0 Å². The van der Waals surface area contributed by atoms with Crippen LogP contribution in [0.2, 0.25) is 0 Å². The van der Waals surface area contributed by atoms with Crippen LogP contribution >= 0.6 is 22.7 Å². The first-order chi connectivity index (χ1) is 30.1. The molecule has 0 atom stereocenters. The summed E-state index contributed by atoms with van der Waals surface area (Å²) in [6.45, 7) is 2.12. The minimum atomic E-state index is 0.220. The first kappa shape index (κ1) is 33.5. The summed E-state index contributed by atoms with van der Waals surface area (Å²) in [5.74, 6) is 0.220. The molecule has 0 fully saturated rings. The number of phenols is 1. The lowest BCUT2D eigenvalue weighted by Gasteiger charge is -2.14. The Balaban J connectivity index is 0.964. The summed E-state index contributed by atoms with van der Waals surface area (Å²) in [6.07, 6.45) is 0. The maximum atomic E-state index is 12.4. The molecule has 0 radical (unpaired) electrons. The largest absolute Gasteiger partial charge is 0.507 e. The zero-order valence-electron chi connectivity index (χ0n) is 32.7. The third-order valence-corrected chi connectivity index (χ3v) is 15.4. The van der Waals surface area contributed by atoms with Crippen molar-refractivity contribution < 1.29 is 9.52 Å². The number of fused-ring (bicyclic) bond motifs is 17. The van der Waals surface area contributed by atoms with Gasteiger partial charge in [0.25, 0.3) is 0 Å². The number of rotatable bonds is 3. The zero-order valence-corrected chi connectivity index (χ0v) is 34.4. The number of aromatic hydroxyl groups is 1. The standard InChI is InChI=1S/C55H32N2O2S2/c1-30-18-19-31(56-42-14-6-2-12-38(42)50-44(56)24-21-36-33-10-4-8-16-48(33)60-54(36)50)28-40(30)35-23-27-47-52(53(35)58)41-29-32(20-26-46(41)59-47)57-43-15-7-3-13-39(43)51-45(57)25-22-37-34-11-5-9-17-49(34)61-55(37)51/h2-29,58H,1H3. The lowest BCUT2D eigenvalue weighted by Crippen LogP contribution is -1.96. The van der Waals surface area contributed by atoms with Crippen LogP contribution in [-0.4, -0.2) is 14.2 Å². The first-order valence-electron chi connectivity index (χ1n) is 20.6. The predicted molar refractivity (Wildman–Crippen MR) is 260 cm³/mol. The lowest BCUT2D eigenvalue weighted by molar-refractivity contribution is 0.483. The fourth-order valence-electron chi connectivity index (χ4n) is 10.3. The van der Waals surface area contributed by atoms with Crippen molar-refractivity contribution in [3.63, 3.8) is 0 Å². The van der Waals surface area contributed by atoms with Gasteiger partial charge in [-0.05, 0) is 96.9 Å². The van der Waals surface area contributed by atoms with Crippen molar-refractivity contribution in [3.05, 3.63) is 175 Å². The summed E-state index contributed by atoms with van der Waals surface area (Å²) >= 11 is 3.73. The van der Waals surface area contributed by atoms with Gasteiger partial charge in [-0.1, -0.05) is 91.0 Å². The van der Waals surface area contributed by atoms with Crippen molar-refractivity contribution in [1.82, 2.24) is 9.13 Å². The molecule has 0 bridgehead atoms. The number of phenolic OH excluding ortho intramolecular Hbond substituents is 1. The van der Waals surface area contributed by atoms with E-state index in [2.05, 4.69) is 168 Å². The molecular weight excluding hydrogens is 785 g/mol. The average molecular weight is 817 g/mol. The molecule has 0 amide bonds. The normalized spacial score (nSPS) is 12.4. The van der Waals surface area contributed by atoms with Gasteiger partial charge in [-0.3, -0.25) is 0 Å². The molecule has 61 heavy (non-hydrogen) atoms. The molecule has 0 aliphatic rings. The smallest absolute Gasteiger partial charge is 0.139 e. The van der Waals surface area contributed by atoms with Crippen molar-refractivity contribution in [3.8, 4) is 28.3 Å². The van der Waals surface area contributed by atoms with Crippen molar-refractivity contribution in [1.29, 1.82) is 0 Å². The number of aromatic nitrogens is 2. The van der Waals surface area contributed by atoms with Gasteiger partial charge in [-0.2, -0.15) is 0 Å². The highest BCUT2D eigenvalue weighted by atomic mass is 32.1. The van der Waals surface area contributed by atoms with Crippen molar-refractivity contribution in [2.24, 2.45) is 0 Å². The molecule has 14 aromatic rings. The van der Waals surface area contributed by atoms with E-state index >= 15 is 0 Å². The Morgan fingerprint density at radius 3 is 1.56 bits per heavy atom. The summed E-state index contributed by atoms with van der Waals surface area (Å²) < 4.78 is 16.4. The summed E-state index contributed by atoms with van der Waals surface area (Å²) in [5, 5.41) is 24.2. The van der Waals surface area contributed by atoms with Gasteiger partial charge in [0.15, 0.2) is 0 Å². The Morgan fingerprint density at radius 2 is 0.934 bits per heavy atom. The highest BCUT2D eigenvalue weighted by Crippen LogP contribution is 2.47. The quantitative estimate of drug-likeness (QED) is 0.193. The fourth-order valence-corrected chi connectivity index (χ4v) is 12.8. The van der Waals surface area contributed by atoms with Gasteiger partial charge in [0.2, 0.25) is 0 Å². The first-order valence-corrected chi connectivity index (χ1v) is 22.2. The minimum absolute atomic E-state index is 0.220. The number of hydrogen-bond donors (Lipinski definition) is 1. The number of hydrogen-bond acceptors (Lipinski definition) is 4. The van der Waals surface area contributed by atoms with E-state index in [9.17, 15) is 5.11 Å². The molecule has 0 unspecified atom stereocenters. The molecule has 5 heterocycles. The van der Waals surface area contributed by atoms with Crippen LogP contribution in [-0.2, 0) is 0 Å². The summed E-state index contributed by atoms with van der Waals surface area (Å²) in [4.78, 5) is 0. The molecule has 14 rings (SSSR count). The predicted octanol–water partition coefficient (Wildman–Crippen LogP) is 16.2. The highest BCUT2D eigenvalue weighted by molar-refractivity contribution is 7.27. The van der Waals surface area contributed by atoms with E-state index in [1.54, 1.807) is 0 Å². The van der Waals surface area contributed by atoms with Crippen LogP contribution in [0.25, 0.3) is 128 Å². The third kappa shape index (κ3) is 4.47. The number of aryl methyl sites for hydroxylation is 1. The Morgan fingerprint density at radius 1 is 0.410 bits per heavy atom. The average Bonchev–Trinajstić information content (AvgIpc) is 4.11. The van der Waals surface area contributed by atoms with Gasteiger partial charge in [0.1, 0.15) is 16.9 Å². The molecular formula is C55H32N2O2S2. The van der Waals surface area contributed by atoms with E-state index < -0.39 is 0 Å². The van der Waals surface area contributed by atoms with E-state index in [1.165, 1.54) is 67.4 Å². The molecule has 0 saturated heterocycles. The van der Waals surface area contributed by atoms with Crippen LogP contribution in [0.4, 0.5) is 0 Å². The third-order valence-electron chi connectivity index (χ3n) is 13.0. The van der Waals surface area contributed by atoms with E-state index in [0.717, 1.165) is 61.0 Å². The second-order valence-electron chi connectivity index (χ2n) is 16.2. The van der Waals surface area contributed by atoms with E-state index in [-0.39, 0.29) is 5.75 Å². The monoisotopic (exact) mass is 816 g/mol. The van der Waals surface area contributed by atoms with Gasteiger partial charge in [0, 0.05) is 84.2 Å². The minimum Gasteiger partial charge on any atom is -0.507 e. The van der Waals surface area contributed by atoms with E-state index in [4.69, 9.17) is 4.42 Å². The van der Waals surface area contributed by atoms with Crippen LogP contribution in [0.5, 0.6) is 5.75 Å². The maximum Gasteiger partial charge on any atom is 0.139 e. The lowest BCUT2D eigenvalue weighted by atomic mass is 9.96. The molecule has 4 nitrogen and oxygen atoms in total. The SMILES string of the molecule is Cc1ccc(-n2c3ccccc3c3c4sc5ccccc5c4ccc32)cc1-c1ccc2oc3ccc(-n4c5ccccc5c5c6sc7ccccc7c6ccc54)cc3c2c1O. The summed E-state index contributed by atoms with van der Waals surface area (Å²) in [7, 11) is 0. The summed E-state index contributed by atoms with van der Waals surface area (Å²) in [5.41, 5.74) is 10.9. The van der Waals surface area contributed by atoms with Gasteiger partial charge in [0.05, 0.1) is 27.5 Å². The molecule has 0 spiro atoms. The van der Waals surface area contributed by atoms with Gasteiger partial charge >= 0.3 is 0 Å². The Kier molecular flexibility index (Phi) is 6.64. The maximum absolute atomic E-state index is 12.4. The van der Waals surface area contributed by atoms with Crippen molar-refractivity contribution in [2.45, 2.75) is 6.92 Å². The Bertz CT molecular complexity index is 4210. The van der Waals surface area contributed by atoms with Crippen LogP contribution in [0.15, 0.2) is 174 Å². The van der Waals surface area contributed by atoms with Crippen LogP contribution in [0, 0.1) is 6.92 Å². The molecule has 0 saturated carbocycles. The fraction of sp³-hybridized carbons (Fsp3) is 0.0182. The second-order valence-corrected chi connectivity index (χ2v) is 18.3. The van der Waals surface area contributed by atoms with Crippen LogP contribution in [0.1, 0.15) is 5.56 Å². The van der Waals surface area contributed by atoms with E-state index in [0.29, 0.717) is 5.58 Å². The highest BCUT2D eigenvalue weighted by Gasteiger charge is 2.22. The van der Waals surface area contributed by atoms with Crippen molar-refractivity contribution in [2.75, 3.05) is 0 Å². The number of furan rings is 1. The van der Waals surface area contributed by atoms with Gasteiger partial charge in [-0.25, -0.2) is 0 Å². The number of para-hydroxylation sites is 2. The molecule has 0 aliphatic carbocycles. The van der Waals surface area contributed by atoms with Gasteiger partial charge in [-0.15, -0.1) is 22.7 Å². The molecule has 286 valence electrons. The Labute approximate surface area is 355 Å².